The maximum atomic E-state index is 13.1. The highest BCUT2D eigenvalue weighted by atomic mass is 16.5. The van der Waals surface area contributed by atoms with E-state index in [9.17, 15) is 19.2 Å². The van der Waals surface area contributed by atoms with Gasteiger partial charge in [0.15, 0.2) is 5.69 Å². The molecule has 0 spiro atoms. The van der Waals surface area contributed by atoms with E-state index < -0.39 is 17.5 Å². The number of amides is 4. The van der Waals surface area contributed by atoms with Gasteiger partial charge in [0.1, 0.15) is 6.04 Å². The smallest absolute Gasteiger partial charge is 0.277 e. The molecule has 1 aromatic carbocycles. The number of fused-ring (bicyclic) bond motifs is 1. The number of hydrogen-bond acceptors (Lipinski definition) is 7. The van der Waals surface area contributed by atoms with E-state index in [4.69, 9.17) is 4.74 Å². The van der Waals surface area contributed by atoms with Crippen LogP contribution in [0.15, 0.2) is 36.5 Å². The maximum Gasteiger partial charge on any atom is 0.277 e. The van der Waals surface area contributed by atoms with Gasteiger partial charge in [-0.05, 0) is 31.0 Å². The molecule has 0 bridgehead atoms. The topological polar surface area (TPSA) is 127 Å². The molecule has 2 unspecified atom stereocenters. The Morgan fingerprint density at radius 2 is 2.12 bits per heavy atom. The average molecular weight is 464 g/mol. The van der Waals surface area contributed by atoms with Crippen molar-refractivity contribution in [3.63, 3.8) is 0 Å². The van der Waals surface area contributed by atoms with Crippen LogP contribution in [0.25, 0.3) is 5.69 Å². The Hall–Kier alpha value is -3.86. The summed E-state index contributed by atoms with van der Waals surface area (Å²) in [6.07, 6.45) is 5.90. The fraction of sp³-hybridized carbons (Fsp3) is 0.391. The number of methoxy groups -OCH3 is 1. The fourth-order valence-electron chi connectivity index (χ4n) is 4.76. The summed E-state index contributed by atoms with van der Waals surface area (Å²) in [6, 6.07) is 4.60. The van der Waals surface area contributed by atoms with Crippen molar-refractivity contribution in [3.8, 4) is 5.69 Å². The van der Waals surface area contributed by atoms with Crippen molar-refractivity contribution in [3.05, 3.63) is 53.4 Å². The van der Waals surface area contributed by atoms with Crippen molar-refractivity contribution in [1.82, 2.24) is 30.1 Å². The Balaban J connectivity index is 1.36. The van der Waals surface area contributed by atoms with Crippen LogP contribution in [0.4, 0.5) is 0 Å². The van der Waals surface area contributed by atoms with Crippen molar-refractivity contribution >= 4 is 23.6 Å². The number of carbonyl (C=O) groups excluding carboxylic acids is 4. The molecule has 5 rings (SSSR count). The molecule has 176 valence electrons. The number of piperidine rings is 1. The summed E-state index contributed by atoms with van der Waals surface area (Å²) < 4.78 is 6.72. The summed E-state index contributed by atoms with van der Waals surface area (Å²) in [4.78, 5) is 53.0. The number of ether oxygens (including phenoxy) is 1. The van der Waals surface area contributed by atoms with E-state index in [0.717, 1.165) is 5.56 Å². The minimum Gasteiger partial charge on any atom is -0.382 e. The fourth-order valence-corrected chi connectivity index (χ4v) is 4.76. The molecule has 2 atom stereocenters. The Kier molecular flexibility index (Phi) is 5.28. The molecule has 11 heteroatoms. The third-order valence-corrected chi connectivity index (χ3v) is 6.55. The van der Waals surface area contributed by atoms with Crippen molar-refractivity contribution < 1.29 is 23.9 Å². The highest BCUT2D eigenvalue weighted by Gasteiger charge is 2.40. The quantitative estimate of drug-likeness (QED) is 0.503. The molecule has 0 aliphatic carbocycles. The minimum atomic E-state index is -0.674. The second-order valence-electron chi connectivity index (χ2n) is 8.90. The van der Waals surface area contributed by atoms with E-state index in [1.54, 1.807) is 30.2 Å². The summed E-state index contributed by atoms with van der Waals surface area (Å²) in [6.45, 7) is 3.03. The van der Waals surface area contributed by atoms with Gasteiger partial charge in [-0.3, -0.25) is 24.5 Å². The normalized spacial score (nSPS) is 24.1. The van der Waals surface area contributed by atoms with Gasteiger partial charge in [-0.2, -0.15) is 0 Å². The molecule has 1 N–H and O–H groups in total. The molecule has 1 saturated heterocycles. The zero-order chi connectivity index (χ0) is 24.0. The maximum absolute atomic E-state index is 13.1. The second kappa shape index (κ2) is 8.17. The van der Waals surface area contributed by atoms with E-state index in [1.807, 2.05) is 19.1 Å². The summed E-state index contributed by atoms with van der Waals surface area (Å²) in [5.74, 6) is -1.32. The van der Waals surface area contributed by atoms with Gasteiger partial charge in [0.25, 0.3) is 11.8 Å². The Labute approximate surface area is 195 Å². The largest absolute Gasteiger partial charge is 0.382 e. The predicted molar refractivity (Wildman–Crippen MR) is 118 cm³/mol. The van der Waals surface area contributed by atoms with Crippen LogP contribution in [0.2, 0.25) is 0 Å². The molecular weight excluding hydrogens is 440 g/mol. The van der Waals surface area contributed by atoms with Crippen LogP contribution < -0.4 is 5.32 Å². The van der Waals surface area contributed by atoms with Crippen LogP contribution in [-0.2, 0) is 20.9 Å². The van der Waals surface area contributed by atoms with Gasteiger partial charge in [-0.25, -0.2) is 4.68 Å². The molecule has 3 aliphatic heterocycles. The van der Waals surface area contributed by atoms with Gasteiger partial charge in [-0.1, -0.05) is 23.4 Å². The monoisotopic (exact) mass is 464 g/mol. The summed E-state index contributed by atoms with van der Waals surface area (Å²) >= 11 is 0. The van der Waals surface area contributed by atoms with Crippen molar-refractivity contribution in [2.75, 3.05) is 20.3 Å². The van der Waals surface area contributed by atoms with Crippen LogP contribution >= 0.6 is 0 Å². The molecule has 3 aliphatic rings. The lowest BCUT2D eigenvalue weighted by Gasteiger charge is -2.33. The van der Waals surface area contributed by atoms with E-state index in [0.29, 0.717) is 37.4 Å². The van der Waals surface area contributed by atoms with Crippen LogP contribution in [0.5, 0.6) is 0 Å². The van der Waals surface area contributed by atoms with Gasteiger partial charge in [0, 0.05) is 32.2 Å². The number of rotatable bonds is 5. The highest BCUT2D eigenvalue weighted by Crippen LogP contribution is 2.29. The molecule has 2 aromatic rings. The lowest BCUT2D eigenvalue weighted by Crippen LogP contribution is -2.52. The number of carbonyl (C=O) groups is 4. The van der Waals surface area contributed by atoms with Gasteiger partial charge >= 0.3 is 0 Å². The lowest BCUT2D eigenvalue weighted by molar-refractivity contribution is -0.136. The molecule has 34 heavy (non-hydrogen) atoms. The van der Waals surface area contributed by atoms with Crippen molar-refractivity contribution in [2.45, 2.75) is 37.9 Å². The van der Waals surface area contributed by atoms with Crippen LogP contribution in [0, 0.1) is 0 Å². The number of hydrogen-bond donors (Lipinski definition) is 1. The second-order valence-corrected chi connectivity index (χ2v) is 8.90. The molecule has 0 saturated carbocycles. The first-order valence-corrected chi connectivity index (χ1v) is 11.0. The number of nitrogens with zero attached hydrogens (tertiary/aromatic N) is 5. The van der Waals surface area contributed by atoms with E-state index in [1.165, 1.54) is 15.8 Å². The molecule has 4 amide bonds. The first-order chi connectivity index (χ1) is 16.3. The zero-order valence-corrected chi connectivity index (χ0v) is 18.9. The Morgan fingerprint density at radius 1 is 1.29 bits per heavy atom. The number of imide groups is 1. The zero-order valence-electron chi connectivity index (χ0n) is 18.9. The van der Waals surface area contributed by atoms with E-state index >= 15 is 0 Å². The summed E-state index contributed by atoms with van der Waals surface area (Å²) in [5.41, 5.74) is 1.44. The molecular formula is C23H24N6O5. The first kappa shape index (κ1) is 22.0. The Morgan fingerprint density at radius 3 is 2.88 bits per heavy atom. The highest BCUT2D eigenvalue weighted by molar-refractivity contribution is 6.05. The lowest BCUT2D eigenvalue weighted by atomic mass is 10.0. The van der Waals surface area contributed by atoms with Crippen LogP contribution in [0.1, 0.15) is 46.2 Å². The third kappa shape index (κ3) is 3.58. The van der Waals surface area contributed by atoms with Crippen LogP contribution in [-0.4, -0.2) is 80.3 Å². The van der Waals surface area contributed by atoms with Crippen LogP contribution in [0.3, 0.4) is 0 Å². The number of aromatic nitrogens is 3. The van der Waals surface area contributed by atoms with Gasteiger partial charge in [0.05, 0.1) is 24.0 Å². The average Bonchev–Trinajstić information content (AvgIpc) is 3.52. The number of nitrogens with one attached hydrogen (secondary N) is 1. The summed E-state index contributed by atoms with van der Waals surface area (Å²) in [5, 5.41) is 10.4. The minimum absolute atomic E-state index is 0.183. The van der Waals surface area contributed by atoms with Crippen molar-refractivity contribution in [1.29, 1.82) is 0 Å². The molecule has 1 aromatic heterocycles. The number of benzene rings is 1. The summed E-state index contributed by atoms with van der Waals surface area (Å²) in [7, 11) is 1.59. The van der Waals surface area contributed by atoms with E-state index in [2.05, 4.69) is 15.6 Å². The first-order valence-electron chi connectivity index (χ1n) is 11.0. The molecule has 1 fully saturated rings. The van der Waals surface area contributed by atoms with Gasteiger partial charge < -0.3 is 14.5 Å². The third-order valence-electron chi connectivity index (χ3n) is 6.55. The molecule has 0 radical (unpaired) electrons. The van der Waals surface area contributed by atoms with Crippen molar-refractivity contribution in [2.24, 2.45) is 0 Å². The standard InChI is InChI=1S/C23H24N6O5/c1-23(13-34-2)8-3-9-28(23)22(33)17-12-29(26-25-17)15-5-4-14-11-27(21(32)16(14)10-15)18-6-7-19(30)24-20(18)31/h3-5,8,10,12,18H,6-7,9,11,13H2,1-2H3,(H,24,30,31). The van der Waals surface area contributed by atoms with Gasteiger partial charge in [0.2, 0.25) is 11.8 Å². The Bertz CT molecular complexity index is 1240. The SMILES string of the molecule is COCC1(C)C=CCN1C(=O)c1cn(-c2ccc3c(c2)C(=O)N(C2CCC(=O)NC2=O)C3)nn1. The predicted octanol–water partition coefficient (Wildman–Crippen LogP) is 0.445. The van der Waals surface area contributed by atoms with E-state index in [-0.39, 0.29) is 29.8 Å². The molecule has 11 nitrogen and oxygen atoms in total. The molecule has 4 heterocycles. The van der Waals surface area contributed by atoms with Gasteiger partial charge in [-0.15, -0.1) is 5.10 Å².